The largest absolute Gasteiger partial charge is 0.492 e. The molecule has 0 aliphatic carbocycles. The maximum absolute atomic E-state index is 11.9. The van der Waals surface area contributed by atoms with Gasteiger partial charge in [-0.2, -0.15) is 4.98 Å². The molecule has 1 amide bonds. The van der Waals surface area contributed by atoms with Crippen molar-refractivity contribution in [3.63, 3.8) is 0 Å². The van der Waals surface area contributed by atoms with Crippen molar-refractivity contribution < 1.29 is 14.6 Å². The Hall–Kier alpha value is -2.48. The maximum atomic E-state index is 11.9. The Labute approximate surface area is 137 Å². The second-order valence-electron chi connectivity index (χ2n) is 4.60. The Morgan fingerprint density at radius 2 is 2.13 bits per heavy atom. The number of ether oxygens (including phenoxy) is 1. The van der Waals surface area contributed by atoms with E-state index in [1.54, 1.807) is 12.1 Å². The van der Waals surface area contributed by atoms with Crippen molar-refractivity contribution in [2.75, 3.05) is 11.1 Å². The van der Waals surface area contributed by atoms with Gasteiger partial charge in [0.15, 0.2) is 10.8 Å². The minimum Gasteiger partial charge on any atom is -0.492 e. The first-order chi connectivity index (χ1) is 11.1. The monoisotopic (exact) mass is 335 g/mol. The van der Waals surface area contributed by atoms with E-state index in [1.165, 1.54) is 11.8 Å². The van der Waals surface area contributed by atoms with Crippen molar-refractivity contribution in [1.29, 1.82) is 0 Å². The molecule has 7 nitrogen and oxygen atoms in total. The minimum absolute atomic E-state index is 0.0587. The molecule has 0 atom stereocenters. The third-order valence-corrected chi connectivity index (χ3v) is 3.84. The zero-order valence-electron chi connectivity index (χ0n) is 12.5. The molecule has 0 saturated heterocycles. The number of nitrogens with zero attached hydrogens (tertiary/aromatic N) is 1. The summed E-state index contributed by atoms with van der Waals surface area (Å²) in [6.07, 6.45) is 0.0615. The first kappa shape index (κ1) is 16.9. The van der Waals surface area contributed by atoms with E-state index in [2.05, 4.69) is 15.3 Å². The van der Waals surface area contributed by atoms with E-state index in [0.717, 1.165) is 17.7 Å². The van der Waals surface area contributed by atoms with Crippen LogP contribution in [-0.2, 0) is 11.3 Å². The van der Waals surface area contributed by atoms with Crippen molar-refractivity contribution in [2.24, 2.45) is 0 Å². The topological polar surface area (TPSA) is 104 Å². The fraction of sp³-hybridized carbons (Fsp3) is 0.267. The average molecular weight is 335 g/mol. The summed E-state index contributed by atoms with van der Waals surface area (Å²) in [6.45, 7) is 2.05. The van der Waals surface area contributed by atoms with E-state index in [0.29, 0.717) is 5.16 Å². The Bertz CT molecular complexity index is 718. The summed E-state index contributed by atoms with van der Waals surface area (Å²) in [4.78, 5) is 29.9. The number of carbonyl (C=O) groups is 1. The summed E-state index contributed by atoms with van der Waals surface area (Å²) in [7, 11) is 0. The SMILES string of the molecule is CCCSc1nc(O)c(NC(=O)OCc2ccccc2)c(=O)[nH]1. The fourth-order valence-corrected chi connectivity index (χ4v) is 2.40. The first-order valence-electron chi connectivity index (χ1n) is 7.04. The second-order valence-corrected chi connectivity index (χ2v) is 5.69. The molecule has 0 aliphatic rings. The molecule has 1 heterocycles. The number of aromatic amines is 1. The Balaban J connectivity index is 1.99. The van der Waals surface area contributed by atoms with Crippen molar-refractivity contribution in [3.05, 3.63) is 46.2 Å². The van der Waals surface area contributed by atoms with E-state index < -0.39 is 17.5 Å². The van der Waals surface area contributed by atoms with Crippen LogP contribution in [0.4, 0.5) is 10.5 Å². The van der Waals surface area contributed by atoms with Gasteiger partial charge in [-0.1, -0.05) is 49.0 Å². The molecule has 8 heteroatoms. The standard InChI is InChI=1S/C15H17N3O4S/c1-2-8-23-14-17-12(19)11(13(20)18-14)16-15(21)22-9-10-6-4-3-5-7-10/h3-7H,2,8-9H2,1H3,(H,16,21)(H2,17,18,19,20). The van der Waals surface area contributed by atoms with Crippen LogP contribution in [0.25, 0.3) is 0 Å². The normalized spacial score (nSPS) is 10.3. The summed E-state index contributed by atoms with van der Waals surface area (Å²) in [6, 6.07) is 9.11. The van der Waals surface area contributed by atoms with Gasteiger partial charge in [0.2, 0.25) is 5.88 Å². The van der Waals surface area contributed by atoms with Crippen LogP contribution in [-0.4, -0.2) is 26.9 Å². The highest BCUT2D eigenvalue weighted by atomic mass is 32.2. The Morgan fingerprint density at radius 1 is 1.39 bits per heavy atom. The van der Waals surface area contributed by atoms with Gasteiger partial charge in [0.1, 0.15) is 6.61 Å². The molecular weight excluding hydrogens is 318 g/mol. The molecule has 0 radical (unpaired) electrons. The van der Waals surface area contributed by atoms with Gasteiger partial charge in [0, 0.05) is 5.75 Å². The number of benzene rings is 1. The average Bonchev–Trinajstić information content (AvgIpc) is 2.55. The summed E-state index contributed by atoms with van der Waals surface area (Å²) in [5.74, 6) is 0.220. The highest BCUT2D eigenvalue weighted by Gasteiger charge is 2.14. The second kappa shape index (κ2) is 8.23. The van der Waals surface area contributed by atoms with Gasteiger partial charge in [0.05, 0.1) is 0 Å². The molecule has 0 aliphatic heterocycles. The highest BCUT2D eigenvalue weighted by molar-refractivity contribution is 7.99. The lowest BCUT2D eigenvalue weighted by Crippen LogP contribution is -2.21. The summed E-state index contributed by atoms with van der Waals surface area (Å²) < 4.78 is 4.99. The van der Waals surface area contributed by atoms with Crippen LogP contribution in [0.15, 0.2) is 40.3 Å². The van der Waals surface area contributed by atoms with Gasteiger partial charge in [-0.15, -0.1) is 0 Å². The molecule has 0 spiro atoms. The number of anilines is 1. The lowest BCUT2D eigenvalue weighted by atomic mass is 10.2. The quantitative estimate of drug-likeness (QED) is 0.554. The molecule has 0 bridgehead atoms. The smallest absolute Gasteiger partial charge is 0.412 e. The molecule has 23 heavy (non-hydrogen) atoms. The van der Waals surface area contributed by atoms with Crippen LogP contribution >= 0.6 is 11.8 Å². The van der Waals surface area contributed by atoms with Crippen LogP contribution in [0.3, 0.4) is 0 Å². The van der Waals surface area contributed by atoms with Gasteiger partial charge < -0.3 is 9.84 Å². The van der Waals surface area contributed by atoms with E-state index in [4.69, 9.17) is 4.74 Å². The minimum atomic E-state index is -0.842. The molecule has 0 saturated carbocycles. The zero-order chi connectivity index (χ0) is 16.7. The maximum Gasteiger partial charge on any atom is 0.412 e. The lowest BCUT2D eigenvalue weighted by Gasteiger charge is -2.08. The van der Waals surface area contributed by atoms with Crippen LogP contribution in [0.5, 0.6) is 5.88 Å². The molecular formula is C15H17N3O4S. The number of aromatic hydroxyl groups is 1. The van der Waals surface area contributed by atoms with Crippen LogP contribution in [0, 0.1) is 0 Å². The summed E-state index contributed by atoms with van der Waals surface area (Å²) >= 11 is 1.31. The number of rotatable bonds is 6. The lowest BCUT2D eigenvalue weighted by molar-refractivity contribution is 0.155. The highest BCUT2D eigenvalue weighted by Crippen LogP contribution is 2.20. The van der Waals surface area contributed by atoms with Crippen LogP contribution in [0.2, 0.25) is 0 Å². The molecule has 2 aromatic rings. The van der Waals surface area contributed by atoms with E-state index in [9.17, 15) is 14.7 Å². The Morgan fingerprint density at radius 3 is 2.78 bits per heavy atom. The predicted molar refractivity (Wildman–Crippen MR) is 87.8 cm³/mol. The molecule has 1 aromatic heterocycles. The molecule has 0 unspecified atom stereocenters. The first-order valence-corrected chi connectivity index (χ1v) is 8.02. The van der Waals surface area contributed by atoms with Crippen molar-refractivity contribution in [3.8, 4) is 5.88 Å². The van der Waals surface area contributed by atoms with Crippen LogP contribution < -0.4 is 10.9 Å². The van der Waals surface area contributed by atoms with E-state index >= 15 is 0 Å². The number of hydrogen-bond donors (Lipinski definition) is 3. The number of thioether (sulfide) groups is 1. The number of amides is 1. The number of aromatic nitrogens is 2. The van der Waals surface area contributed by atoms with Crippen molar-refractivity contribution in [1.82, 2.24) is 9.97 Å². The van der Waals surface area contributed by atoms with Gasteiger partial charge >= 0.3 is 6.09 Å². The Kier molecular flexibility index (Phi) is 6.04. The number of hydrogen-bond acceptors (Lipinski definition) is 6. The van der Waals surface area contributed by atoms with Crippen molar-refractivity contribution >= 4 is 23.5 Å². The molecule has 2 rings (SSSR count). The summed E-state index contributed by atoms with van der Waals surface area (Å²) in [5.41, 5.74) is -0.151. The predicted octanol–water partition coefficient (Wildman–Crippen LogP) is 2.73. The van der Waals surface area contributed by atoms with Gasteiger partial charge in [0.25, 0.3) is 5.56 Å². The van der Waals surface area contributed by atoms with Gasteiger partial charge in [-0.05, 0) is 12.0 Å². The van der Waals surface area contributed by atoms with E-state index in [-0.39, 0.29) is 12.3 Å². The van der Waals surface area contributed by atoms with Crippen molar-refractivity contribution in [2.45, 2.75) is 25.1 Å². The number of carbonyl (C=O) groups excluding carboxylic acids is 1. The van der Waals surface area contributed by atoms with Gasteiger partial charge in [-0.3, -0.25) is 15.1 Å². The molecule has 3 N–H and O–H groups in total. The fourth-order valence-electron chi connectivity index (χ4n) is 1.68. The van der Waals surface area contributed by atoms with Crippen LogP contribution in [0.1, 0.15) is 18.9 Å². The molecule has 1 aromatic carbocycles. The third kappa shape index (κ3) is 5.03. The molecule has 122 valence electrons. The van der Waals surface area contributed by atoms with Gasteiger partial charge in [-0.25, -0.2) is 4.79 Å². The number of nitrogens with one attached hydrogen (secondary N) is 2. The number of H-pyrrole nitrogens is 1. The zero-order valence-corrected chi connectivity index (χ0v) is 13.4. The third-order valence-electron chi connectivity index (χ3n) is 2.76. The summed E-state index contributed by atoms with van der Waals surface area (Å²) in [5, 5.41) is 12.3. The van der Waals surface area contributed by atoms with E-state index in [1.807, 2.05) is 25.1 Å². The molecule has 0 fully saturated rings.